The number of halogens is 1. The second kappa shape index (κ2) is 9.57. The number of benzene rings is 1. The van der Waals surface area contributed by atoms with E-state index in [0.717, 1.165) is 21.2 Å². The largest absolute Gasteiger partial charge is 0.490 e. The predicted molar refractivity (Wildman–Crippen MR) is 128 cm³/mol. The van der Waals surface area contributed by atoms with Gasteiger partial charge in [0.1, 0.15) is 30.2 Å². The van der Waals surface area contributed by atoms with Gasteiger partial charge < -0.3 is 9.47 Å². The van der Waals surface area contributed by atoms with Crippen molar-refractivity contribution < 1.29 is 14.3 Å². The van der Waals surface area contributed by atoms with Crippen LogP contribution in [0.4, 0.5) is 0 Å². The van der Waals surface area contributed by atoms with Crippen LogP contribution in [0.1, 0.15) is 35.6 Å². The Labute approximate surface area is 199 Å². The molecule has 0 aliphatic heterocycles. The Morgan fingerprint density at radius 3 is 2.76 bits per heavy atom. The standard InChI is InChI=1S/C24H22BrN5O3/c1-5-6-17-11-15(2)30(28-17)24-18(16(3)31)7-8-23(27-24)29-14-26-20-12-19(25)22(13-21(20)29)33-10-9-32-4/h7-8,11-14H,9-10H2,1-4H3. The Morgan fingerprint density at radius 2 is 2.03 bits per heavy atom. The number of ketones is 1. The van der Waals surface area contributed by atoms with E-state index in [-0.39, 0.29) is 5.78 Å². The number of imidazole rings is 1. The summed E-state index contributed by atoms with van der Waals surface area (Å²) in [6.07, 6.45) is 1.69. The Hall–Kier alpha value is -3.48. The molecule has 1 aromatic carbocycles. The fraction of sp³-hybridized carbons (Fsp3) is 0.250. The van der Waals surface area contributed by atoms with Crippen molar-refractivity contribution in [2.24, 2.45) is 0 Å². The smallest absolute Gasteiger partial charge is 0.166 e. The molecule has 8 nitrogen and oxygen atoms in total. The molecule has 0 amide bonds. The lowest BCUT2D eigenvalue weighted by molar-refractivity contribution is 0.101. The van der Waals surface area contributed by atoms with Crippen molar-refractivity contribution in [3.8, 4) is 29.2 Å². The van der Waals surface area contributed by atoms with Gasteiger partial charge in [-0.2, -0.15) is 5.10 Å². The highest BCUT2D eigenvalue weighted by Gasteiger charge is 2.18. The number of nitrogens with zero attached hydrogens (tertiary/aromatic N) is 5. The number of carbonyl (C=O) groups is 1. The molecular formula is C24H22BrN5O3. The summed E-state index contributed by atoms with van der Waals surface area (Å²) in [6.45, 7) is 6.07. The molecule has 168 valence electrons. The summed E-state index contributed by atoms with van der Waals surface area (Å²) in [7, 11) is 1.63. The first-order valence-corrected chi connectivity index (χ1v) is 11.0. The van der Waals surface area contributed by atoms with E-state index in [1.807, 2.05) is 29.7 Å². The number of aromatic nitrogens is 5. The maximum absolute atomic E-state index is 12.3. The van der Waals surface area contributed by atoms with Crippen LogP contribution in [0.25, 0.3) is 22.7 Å². The van der Waals surface area contributed by atoms with E-state index in [1.165, 1.54) is 6.92 Å². The Bertz CT molecular complexity index is 1410. The first kappa shape index (κ1) is 22.7. The lowest BCUT2D eigenvalue weighted by atomic mass is 10.2. The maximum atomic E-state index is 12.3. The zero-order chi connectivity index (χ0) is 23.5. The van der Waals surface area contributed by atoms with Crippen LogP contribution in [0.5, 0.6) is 5.75 Å². The number of methoxy groups -OCH3 is 1. The number of rotatable bonds is 7. The molecule has 3 aromatic heterocycles. The third kappa shape index (κ3) is 4.53. The Morgan fingerprint density at radius 1 is 1.21 bits per heavy atom. The van der Waals surface area contributed by atoms with Crippen LogP contribution in [0, 0.1) is 18.8 Å². The fourth-order valence-corrected chi connectivity index (χ4v) is 3.87. The molecule has 0 unspecified atom stereocenters. The molecule has 3 heterocycles. The number of ether oxygens (including phenoxy) is 2. The fourth-order valence-electron chi connectivity index (χ4n) is 3.43. The van der Waals surface area contributed by atoms with Crippen molar-refractivity contribution in [3.05, 3.63) is 58.1 Å². The van der Waals surface area contributed by atoms with Gasteiger partial charge >= 0.3 is 0 Å². The van der Waals surface area contributed by atoms with Crippen molar-refractivity contribution in [2.45, 2.75) is 20.8 Å². The normalized spacial score (nSPS) is 10.8. The number of aryl methyl sites for hydroxylation is 1. The third-order valence-electron chi connectivity index (χ3n) is 4.97. The number of fused-ring (bicyclic) bond motifs is 1. The van der Waals surface area contributed by atoms with Crippen molar-refractivity contribution in [1.82, 2.24) is 24.3 Å². The minimum absolute atomic E-state index is 0.102. The van der Waals surface area contributed by atoms with Crippen LogP contribution in [0.3, 0.4) is 0 Å². The Kier molecular flexibility index (Phi) is 6.58. The van der Waals surface area contributed by atoms with Crippen molar-refractivity contribution in [1.29, 1.82) is 0 Å². The quantitative estimate of drug-likeness (QED) is 0.211. The van der Waals surface area contributed by atoms with Crippen molar-refractivity contribution >= 4 is 32.7 Å². The summed E-state index contributed by atoms with van der Waals surface area (Å²) in [5.41, 5.74) is 3.50. The van der Waals surface area contributed by atoms with E-state index >= 15 is 0 Å². The lowest BCUT2D eigenvalue weighted by Crippen LogP contribution is -2.11. The van der Waals surface area contributed by atoms with E-state index in [4.69, 9.17) is 14.5 Å². The molecule has 0 aliphatic rings. The number of carbonyl (C=O) groups excluding carboxylic acids is 1. The molecule has 0 radical (unpaired) electrons. The van der Waals surface area contributed by atoms with Gasteiger partial charge in [0, 0.05) is 18.9 Å². The maximum Gasteiger partial charge on any atom is 0.166 e. The SMILES string of the molecule is CC#Cc1cc(C)n(-c2nc(-n3cnc4cc(Br)c(OCCOC)cc43)ccc2C(C)=O)n1. The average molecular weight is 508 g/mol. The summed E-state index contributed by atoms with van der Waals surface area (Å²) in [5.74, 6) is 7.41. The summed E-state index contributed by atoms with van der Waals surface area (Å²) >= 11 is 3.53. The van der Waals surface area contributed by atoms with E-state index in [1.54, 1.807) is 37.2 Å². The third-order valence-corrected chi connectivity index (χ3v) is 5.59. The van der Waals surface area contributed by atoms with Crippen LogP contribution in [0.2, 0.25) is 0 Å². The highest BCUT2D eigenvalue weighted by molar-refractivity contribution is 9.10. The summed E-state index contributed by atoms with van der Waals surface area (Å²) in [5, 5.41) is 4.53. The molecular weight excluding hydrogens is 486 g/mol. The molecule has 0 atom stereocenters. The van der Waals surface area contributed by atoms with Gasteiger partial charge in [0.15, 0.2) is 11.6 Å². The monoisotopic (exact) mass is 507 g/mol. The first-order chi connectivity index (χ1) is 15.9. The van der Waals surface area contributed by atoms with Crippen LogP contribution < -0.4 is 4.74 Å². The molecule has 0 aliphatic carbocycles. The molecule has 0 spiro atoms. The number of hydrogen-bond donors (Lipinski definition) is 0. The Balaban J connectivity index is 1.84. The summed E-state index contributed by atoms with van der Waals surface area (Å²) in [6, 6.07) is 9.21. The van der Waals surface area contributed by atoms with E-state index in [0.29, 0.717) is 41.9 Å². The molecule has 4 rings (SSSR count). The lowest BCUT2D eigenvalue weighted by Gasteiger charge is -2.12. The van der Waals surface area contributed by atoms with Crippen LogP contribution >= 0.6 is 15.9 Å². The van der Waals surface area contributed by atoms with Gasteiger partial charge in [-0.15, -0.1) is 0 Å². The average Bonchev–Trinajstić information content (AvgIpc) is 3.36. The van der Waals surface area contributed by atoms with Gasteiger partial charge in [-0.1, -0.05) is 5.92 Å². The van der Waals surface area contributed by atoms with Gasteiger partial charge in [-0.3, -0.25) is 9.36 Å². The zero-order valence-electron chi connectivity index (χ0n) is 18.7. The molecule has 0 bridgehead atoms. The van der Waals surface area contributed by atoms with Crippen molar-refractivity contribution in [3.63, 3.8) is 0 Å². The summed E-state index contributed by atoms with van der Waals surface area (Å²) in [4.78, 5) is 21.6. The van der Waals surface area contributed by atoms with E-state index in [2.05, 4.69) is 37.9 Å². The minimum atomic E-state index is -0.102. The molecule has 0 saturated carbocycles. The van der Waals surface area contributed by atoms with Gasteiger partial charge in [0.2, 0.25) is 0 Å². The van der Waals surface area contributed by atoms with Crippen LogP contribution in [-0.2, 0) is 4.74 Å². The van der Waals surface area contributed by atoms with Gasteiger partial charge in [-0.25, -0.2) is 14.6 Å². The van der Waals surface area contributed by atoms with Crippen molar-refractivity contribution in [2.75, 3.05) is 20.3 Å². The number of pyridine rings is 1. The molecule has 0 fully saturated rings. The van der Waals surface area contributed by atoms with Crippen LogP contribution in [0.15, 0.2) is 41.1 Å². The molecule has 33 heavy (non-hydrogen) atoms. The first-order valence-electron chi connectivity index (χ1n) is 10.2. The second-order valence-corrected chi connectivity index (χ2v) is 8.14. The highest BCUT2D eigenvalue weighted by Crippen LogP contribution is 2.31. The molecule has 0 N–H and O–H groups in total. The van der Waals surface area contributed by atoms with Gasteiger partial charge in [0.25, 0.3) is 0 Å². The van der Waals surface area contributed by atoms with Gasteiger partial charge in [0.05, 0.1) is 27.7 Å². The zero-order valence-corrected chi connectivity index (χ0v) is 20.3. The topological polar surface area (TPSA) is 84.1 Å². The number of hydrogen-bond acceptors (Lipinski definition) is 6. The molecule has 9 heteroatoms. The number of Topliss-reactive ketones (excluding diaryl/α,β-unsaturated/α-hetero) is 1. The highest BCUT2D eigenvalue weighted by atomic mass is 79.9. The van der Waals surface area contributed by atoms with E-state index < -0.39 is 0 Å². The predicted octanol–water partition coefficient (Wildman–Crippen LogP) is 4.28. The molecule has 4 aromatic rings. The van der Waals surface area contributed by atoms with Gasteiger partial charge in [-0.05, 0) is 66.9 Å². The van der Waals surface area contributed by atoms with Crippen LogP contribution in [-0.4, -0.2) is 50.4 Å². The van der Waals surface area contributed by atoms with E-state index in [9.17, 15) is 4.79 Å². The minimum Gasteiger partial charge on any atom is -0.490 e. The molecule has 0 saturated heterocycles. The summed E-state index contributed by atoms with van der Waals surface area (Å²) < 4.78 is 15.2. The second-order valence-electron chi connectivity index (χ2n) is 7.28.